The first-order valence-electron chi connectivity index (χ1n) is 33.6. The van der Waals surface area contributed by atoms with Crippen LogP contribution in [-0.4, -0.2) is 132 Å². The van der Waals surface area contributed by atoms with Crippen molar-refractivity contribution in [1.29, 1.82) is 0 Å². The van der Waals surface area contributed by atoms with E-state index < -0.39 is 47.4 Å². The number of benzene rings is 5. The summed E-state index contributed by atoms with van der Waals surface area (Å²) in [5.41, 5.74) is 22.3. The number of ether oxygens (including phenoxy) is 2. The van der Waals surface area contributed by atoms with Crippen LogP contribution >= 0.6 is 11.6 Å². The van der Waals surface area contributed by atoms with Gasteiger partial charge in [-0.05, 0) is 131 Å². The smallest absolute Gasteiger partial charge is 0.451 e. The van der Waals surface area contributed by atoms with E-state index in [1.165, 1.54) is 48.3 Å². The lowest BCUT2D eigenvalue weighted by molar-refractivity contribution is -0.157. The molecule has 4 aliphatic heterocycles. The molecule has 5 fully saturated rings. The van der Waals surface area contributed by atoms with Crippen LogP contribution in [0.4, 0.5) is 26.3 Å². The molecule has 8 heterocycles. The maximum Gasteiger partial charge on any atom is 0.451 e. The standard InChI is InChI=1S/C22H23ClN6O.C22H19N3O4.C16H15F6N5O.C12H21N/c1-2-3-8-20-24-21(23)19(14-30)29(20)13-15-9-11-16(12-10-15)17-6-4-5-7-18(17)22-25-27-28-26-22;1-24-10-19(26)25-16(22(24)27)9-14-13-4-2-3-5-15(13)23-20(14)21(25)12-6-7-17-18(8-12)29-11-28-17;17-10-6-12(19)11(18)4-8(10)3-9(23)5-14(28)26-1-2-27-13(7-26)24-25-15(27)16(20,21)22;1-10-3-9-4-11(2,6-10)8-12(13,5-9)7-10/h4-7,9-12,30H,2-3,8,13-14H2,1H3,(H,25,26,27,28);2-8,16,21,23H,9-11H2,1H3;4,6,9H,1-3,5,7,23H2;9H,3-8,13H2,1-2H3/t;16?,21-;9-;/m.11./s1. The maximum absolute atomic E-state index is 13.7. The normalized spacial score (nSPS) is 22.7. The van der Waals surface area contributed by atoms with Crippen molar-refractivity contribution in [3.8, 4) is 34.0 Å². The number of fused-ring (bicyclic) bond motifs is 6. The predicted molar refractivity (Wildman–Crippen MR) is 358 cm³/mol. The number of imidazole rings is 1. The van der Waals surface area contributed by atoms with E-state index in [-0.39, 0.29) is 87.2 Å². The molecule has 4 saturated carbocycles. The molecule has 17 rings (SSSR count). The first-order chi connectivity index (χ1) is 47.8. The number of alkyl halides is 3. The van der Waals surface area contributed by atoms with Gasteiger partial charge in [0, 0.05) is 85.8 Å². The van der Waals surface area contributed by atoms with E-state index in [2.05, 4.69) is 91.9 Å². The largest absolute Gasteiger partial charge is 0.454 e. The molecular formula is C72H78ClF6N15O6. The van der Waals surface area contributed by atoms with Gasteiger partial charge in [0.05, 0.1) is 31.4 Å². The van der Waals surface area contributed by atoms with E-state index in [4.69, 9.17) is 32.5 Å². The number of hydrogen-bond acceptors (Lipinski definition) is 14. The summed E-state index contributed by atoms with van der Waals surface area (Å²) in [6.07, 6.45) is 6.62. The third kappa shape index (κ3) is 14.2. The zero-order valence-corrected chi connectivity index (χ0v) is 56.5. The van der Waals surface area contributed by atoms with Crippen molar-refractivity contribution in [3.05, 3.63) is 177 Å². The van der Waals surface area contributed by atoms with Crippen LogP contribution in [0.1, 0.15) is 136 Å². The molecule has 4 aliphatic carbocycles. The molecule has 3 unspecified atom stereocenters. The molecule has 7 N–H and O–H groups in total. The lowest BCUT2D eigenvalue weighted by Crippen LogP contribution is -2.62. The van der Waals surface area contributed by atoms with Crippen LogP contribution in [0.5, 0.6) is 11.5 Å². The number of tetrazole rings is 1. The van der Waals surface area contributed by atoms with Crippen molar-refractivity contribution < 1.29 is 55.3 Å². The number of amides is 3. The summed E-state index contributed by atoms with van der Waals surface area (Å²) in [6, 6.07) is 29.4. The highest BCUT2D eigenvalue weighted by Gasteiger charge is 2.59. The lowest BCUT2D eigenvalue weighted by Gasteiger charge is -2.64. The summed E-state index contributed by atoms with van der Waals surface area (Å²) in [5.74, 6) is -1.43. The molecule has 100 heavy (non-hydrogen) atoms. The lowest BCUT2D eigenvalue weighted by atomic mass is 9.43. The summed E-state index contributed by atoms with van der Waals surface area (Å²) in [7, 11) is 1.69. The summed E-state index contributed by atoms with van der Waals surface area (Å²) in [6.45, 7) is 7.54. The van der Waals surface area contributed by atoms with Gasteiger partial charge in [-0.1, -0.05) is 112 Å². The summed E-state index contributed by atoms with van der Waals surface area (Å²) < 4.78 is 92.3. The van der Waals surface area contributed by atoms with E-state index in [0.29, 0.717) is 64.1 Å². The van der Waals surface area contributed by atoms with Gasteiger partial charge in [0.15, 0.2) is 34.1 Å². The van der Waals surface area contributed by atoms with Gasteiger partial charge < -0.3 is 54.9 Å². The van der Waals surface area contributed by atoms with Gasteiger partial charge in [-0.2, -0.15) is 18.4 Å². The van der Waals surface area contributed by atoms with Crippen molar-refractivity contribution >= 4 is 40.2 Å². The van der Waals surface area contributed by atoms with Crippen LogP contribution in [-0.2, 0) is 66.1 Å². The molecule has 1 saturated heterocycles. The number of nitrogens with zero attached hydrogens (tertiary/aromatic N) is 11. The van der Waals surface area contributed by atoms with Gasteiger partial charge in [-0.15, -0.1) is 20.4 Å². The number of carbonyl (C=O) groups excluding carboxylic acids is 3. The van der Waals surface area contributed by atoms with E-state index in [1.54, 1.807) is 11.9 Å². The van der Waals surface area contributed by atoms with E-state index in [0.717, 1.165) is 85.5 Å². The SMILES string of the molecule is CC12CC3CC(C)(C1)CC(N)(C3)C2.CCCCc1nc(Cl)c(CO)n1Cc1ccc(-c2ccccc2-c2nn[nH]n2)cc1.CN1CC(=O)N2C(Cc3c([nH]c4ccccc34)[C@H]2c2ccc3c(c2)OCO3)C1=O.N[C@@H](CC(=O)N1CCn2c(nnc2C(F)(F)F)C1)Cc1cc(F)c(F)cc1F. The number of nitrogens with one attached hydrogen (secondary N) is 2. The minimum atomic E-state index is -4.64. The fraction of sp³-hybridized carbons (Fsp3) is 0.431. The van der Waals surface area contributed by atoms with E-state index in [9.17, 15) is 45.8 Å². The Balaban J connectivity index is 0.000000123. The monoisotopic (exact) mass is 1400 g/mol. The average molecular weight is 1400 g/mol. The van der Waals surface area contributed by atoms with Crippen LogP contribution in [0.25, 0.3) is 33.4 Å². The number of aliphatic hydroxyl groups excluding tert-OH is 1. The number of H-pyrrole nitrogens is 2. The van der Waals surface area contributed by atoms with Crippen molar-refractivity contribution in [1.82, 2.24) is 64.6 Å². The number of likely N-dealkylation sites (N-methyl/N-ethyl adjacent to an activating group) is 1. The molecule has 4 bridgehead atoms. The van der Waals surface area contributed by atoms with Gasteiger partial charge in [0.2, 0.25) is 36.2 Å². The van der Waals surface area contributed by atoms with Gasteiger partial charge in [-0.3, -0.25) is 14.4 Å². The number of rotatable bonds is 13. The molecular weight excluding hydrogens is 1320 g/mol. The number of halogens is 7. The molecule has 28 heteroatoms. The van der Waals surface area contributed by atoms with Crippen molar-refractivity contribution in [2.24, 2.45) is 28.2 Å². The van der Waals surface area contributed by atoms with Crippen molar-refractivity contribution in [3.63, 3.8) is 0 Å². The Labute approximate surface area is 577 Å². The molecule has 21 nitrogen and oxygen atoms in total. The van der Waals surface area contributed by atoms with E-state index in [1.807, 2.05) is 65.2 Å². The van der Waals surface area contributed by atoms with Gasteiger partial charge in [0.1, 0.15) is 17.7 Å². The van der Waals surface area contributed by atoms with Crippen LogP contribution in [0.2, 0.25) is 5.15 Å². The number of aromatic amines is 2. The number of para-hydroxylation sites is 1. The number of nitrogens with two attached hydrogens (primary N) is 2. The highest BCUT2D eigenvalue weighted by Crippen LogP contribution is 2.65. The van der Waals surface area contributed by atoms with Gasteiger partial charge in [0.25, 0.3) is 0 Å². The molecule has 0 radical (unpaired) electrons. The minimum Gasteiger partial charge on any atom is -0.454 e. The van der Waals surface area contributed by atoms with Gasteiger partial charge in [-0.25, -0.2) is 18.2 Å². The maximum atomic E-state index is 13.7. The Morgan fingerprint density at radius 2 is 1.57 bits per heavy atom. The number of unbranched alkanes of at least 4 members (excludes halogenated alkanes) is 1. The molecule has 8 aliphatic rings. The Hall–Kier alpha value is -9.18. The quantitative estimate of drug-likeness (QED) is 0.0531. The molecule has 9 aromatic rings. The predicted octanol–water partition coefficient (Wildman–Crippen LogP) is 11.2. The van der Waals surface area contributed by atoms with E-state index >= 15 is 0 Å². The summed E-state index contributed by atoms with van der Waals surface area (Å²) in [5, 5.41) is 32.2. The third-order valence-corrected chi connectivity index (χ3v) is 20.6. The Morgan fingerprint density at radius 3 is 2.27 bits per heavy atom. The number of aromatic nitrogens is 10. The van der Waals surface area contributed by atoms with Crippen molar-refractivity contribution in [2.45, 2.75) is 154 Å². The van der Waals surface area contributed by atoms with Gasteiger partial charge >= 0.3 is 6.18 Å². The Bertz CT molecular complexity index is 4470. The first-order valence-corrected chi connectivity index (χ1v) is 33.9. The number of aliphatic hydroxyl groups is 1. The van der Waals surface area contributed by atoms with Crippen molar-refractivity contribution in [2.75, 3.05) is 26.9 Å². The number of aryl methyl sites for hydroxylation is 1. The highest BCUT2D eigenvalue weighted by atomic mass is 35.5. The van der Waals surface area contributed by atoms with Crippen LogP contribution < -0.4 is 20.9 Å². The zero-order chi connectivity index (χ0) is 70.6. The molecule has 5 aromatic carbocycles. The second-order valence-electron chi connectivity index (χ2n) is 28.3. The Morgan fingerprint density at radius 1 is 0.850 bits per heavy atom. The summed E-state index contributed by atoms with van der Waals surface area (Å²) in [4.78, 5) is 51.0. The minimum absolute atomic E-state index is 0.000783. The second kappa shape index (κ2) is 27.7. The molecule has 4 aromatic heterocycles. The molecule has 526 valence electrons. The Kier molecular flexibility index (Phi) is 19.2. The summed E-state index contributed by atoms with van der Waals surface area (Å²) >= 11 is 6.26. The van der Waals surface area contributed by atoms with Crippen LogP contribution in [0, 0.1) is 34.2 Å². The topological polar surface area (TPSA) is 270 Å². The molecule has 5 atom stereocenters. The first kappa shape index (κ1) is 69.3. The third-order valence-electron chi connectivity index (χ3n) is 20.3. The number of piperazine rings is 1. The molecule has 0 spiro atoms. The van der Waals surface area contributed by atoms with Crippen LogP contribution in [0.3, 0.4) is 0 Å². The average Bonchev–Trinajstić information content (AvgIpc) is 1.20. The second-order valence-corrected chi connectivity index (χ2v) is 28.7. The zero-order valence-electron chi connectivity index (χ0n) is 55.8. The highest BCUT2D eigenvalue weighted by molar-refractivity contribution is 6.30. The fourth-order valence-electron chi connectivity index (χ4n) is 16.9. The molecule has 3 amide bonds. The number of hydrogen-bond donors (Lipinski definition) is 5. The van der Waals surface area contributed by atoms with Crippen LogP contribution in [0.15, 0.2) is 103 Å². The number of carbonyl (C=O) groups is 3. The fourth-order valence-corrected chi connectivity index (χ4v) is 17.2.